The molecule has 0 aliphatic carbocycles. The van der Waals surface area contributed by atoms with Crippen molar-refractivity contribution < 1.29 is 27.7 Å². The highest BCUT2D eigenvalue weighted by molar-refractivity contribution is 7.92. The number of nitrogens with zero attached hydrogens (tertiary/aromatic N) is 3. The van der Waals surface area contributed by atoms with E-state index in [2.05, 4.69) is 5.32 Å². The van der Waals surface area contributed by atoms with Crippen molar-refractivity contribution in [1.82, 2.24) is 10.2 Å². The van der Waals surface area contributed by atoms with Crippen LogP contribution in [0.3, 0.4) is 0 Å². The summed E-state index contributed by atoms with van der Waals surface area (Å²) in [5.74, 6) is -0.291. The third-order valence-corrected chi connectivity index (χ3v) is 9.05. The molecule has 236 valence electrons. The minimum Gasteiger partial charge on any atom is -0.497 e. The number of nitro benzene ring substituents is 1. The Labute approximate surface area is 259 Å². The summed E-state index contributed by atoms with van der Waals surface area (Å²) in [5, 5.41) is 14.5. The van der Waals surface area contributed by atoms with Crippen LogP contribution in [0.1, 0.15) is 43.9 Å². The number of anilines is 1. The van der Waals surface area contributed by atoms with E-state index in [1.807, 2.05) is 45.0 Å². The van der Waals surface area contributed by atoms with Gasteiger partial charge in [0.15, 0.2) is 0 Å². The second-order valence-electron chi connectivity index (χ2n) is 10.9. The average Bonchev–Trinajstić information content (AvgIpc) is 2.99. The summed E-state index contributed by atoms with van der Waals surface area (Å²) in [5.41, 5.74) is 1.80. The number of carbonyl (C=O) groups is 2. The van der Waals surface area contributed by atoms with Crippen molar-refractivity contribution in [2.24, 2.45) is 5.92 Å². The fourth-order valence-corrected chi connectivity index (χ4v) is 6.10. The molecule has 0 unspecified atom stereocenters. The molecule has 1 atom stereocenters. The molecule has 0 saturated heterocycles. The van der Waals surface area contributed by atoms with E-state index in [1.165, 1.54) is 43.2 Å². The van der Waals surface area contributed by atoms with E-state index in [1.54, 1.807) is 19.1 Å². The zero-order valence-corrected chi connectivity index (χ0v) is 26.8. The predicted molar refractivity (Wildman–Crippen MR) is 169 cm³/mol. The maximum Gasteiger partial charge on any atom is 0.273 e. The molecular weight excluding hydrogens is 584 g/mol. The summed E-state index contributed by atoms with van der Waals surface area (Å²) in [6, 6.07) is 16.3. The monoisotopic (exact) mass is 624 g/mol. The van der Waals surface area contributed by atoms with Gasteiger partial charge in [0.25, 0.3) is 15.7 Å². The van der Waals surface area contributed by atoms with Crippen LogP contribution in [-0.4, -0.2) is 56.3 Å². The molecule has 3 aromatic rings. The zero-order valence-electron chi connectivity index (χ0n) is 25.9. The second-order valence-corrected chi connectivity index (χ2v) is 12.8. The number of nitro groups is 1. The minimum absolute atomic E-state index is 0.0750. The van der Waals surface area contributed by atoms with Gasteiger partial charge in [0.2, 0.25) is 11.8 Å². The average molecular weight is 625 g/mol. The molecule has 2 amide bonds. The Morgan fingerprint density at radius 3 is 2.23 bits per heavy atom. The van der Waals surface area contributed by atoms with Gasteiger partial charge in [0, 0.05) is 24.7 Å². The predicted octanol–water partition coefficient (Wildman–Crippen LogP) is 5.00. The van der Waals surface area contributed by atoms with Gasteiger partial charge in [-0.15, -0.1) is 0 Å². The SMILES string of the molecule is CC[C@@H](C(=O)NCC(C)C)N(Cc1ccccc1C)C(=O)CN(c1ccc(OC)cc1)S(=O)(=O)c1ccc(C)c([N+](=O)[O-])c1. The minimum atomic E-state index is -4.49. The number of amides is 2. The molecule has 0 saturated carbocycles. The zero-order chi connectivity index (χ0) is 32.6. The molecule has 0 aliphatic heterocycles. The molecule has 0 spiro atoms. The van der Waals surface area contributed by atoms with E-state index in [9.17, 15) is 28.1 Å². The summed E-state index contributed by atoms with van der Waals surface area (Å²) in [6.45, 7) is 8.96. The van der Waals surface area contributed by atoms with Crippen LogP contribution in [0.25, 0.3) is 0 Å². The Kier molecular flexibility index (Phi) is 11.5. The summed E-state index contributed by atoms with van der Waals surface area (Å²) in [4.78, 5) is 39.6. The maximum absolute atomic E-state index is 14.2. The molecule has 44 heavy (non-hydrogen) atoms. The van der Waals surface area contributed by atoms with E-state index in [4.69, 9.17) is 4.74 Å². The number of aryl methyl sites for hydroxylation is 2. The van der Waals surface area contributed by atoms with Gasteiger partial charge in [0.05, 0.1) is 22.6 Å². The van der Waals surface area contributed by atoms with Crippen LogP contribution < -0.4 is 14.4 Å². The number of methoxy groups -OCH3 is 1. The van der Waals surface area contributed by atoms with E-state index in [0.29, 0.717) is 24.3 Å². The van der Waals surface area contributed by atoms with Gasteiger partial charge in [0.1, 0.15) is 18.3 Å². The lowest BCUT2D eigenvalue weighted by atomic mass is 10.1. The third kappa shape index (κ3) is 8.13. The number of ether oxygens (including phenoxy) is 1. The lowest BCUT2D eigenvalue weighted by molar-refractivity contribution is -0.385. The van der Waals surface area contributed by atoms with E-state index in [0.717, 1.165) is 21.5 Å². The first-order valence-corrected chi connectivity index (χ1v) is 15.8. The molecule has 0 bridgehead atoms. The number of benzene rings is 3. The molecule has 3 aromatic carbocycles. The van der Waals surface area contributed by atoms with Crippen molar-refractivity contribution in [3.8, 4) is 5.75 Å². The van der Waals surface area contributed by atoms with Crippen molar-refractivity contribution in [3.63, 3.8) is 0 Å². The van der Waals surface area contributed by atoms with Gasteiger partial charge in [-0.25, -0.2) is 8.42 Å². The fraction of sp³-hybridized carbons (Fsp3) is 0.375. The van der Waals surface area contributed by atoms with Crippen LogP contribution >= 0.6 is 0 Å². The lowest BCUT2D eigenvalue weighted by Crippen LogP contribution is -2.52. The van der Waals surface area contributed by atoms with Crippen LogP contribution in [0.2, 0.25) is 0 Å². The third-order valence-electron chi connectivity index (χ3n) is 7.28. The number of rotatable bonds is 14. The summed E-state index contributed by atoms with van der Waals surface area (Å²) in [7, 11) is -3.02. The number of hydrogen-bond acceptors (Lipinski definition) is 7. The van der Waals surface area contributed by atoms with Crippen molar-refractivity contribution in [2.75, 3.05) is 24.5 Å². The number of hydrogen-bond donors (Lipinski definition) is 1. The Morgan fingerprint density at radius 2 is 1.66 bits per heavy atom. The van der Waals surface area contributed by atoms with Crippen molar-refractivity contribution in [2.45, 2.75) is 58.5 Å². The van der Waals surface area contributed by atoms with Crippen molar-refractivity contribution in [1.29, 1.82) is 0 Å². The molecule has 12 heteroatoms. The maximum atomic E-state index is 14.2. The van der Waals surface area contributed by atoms with Gasteiger partial charge < -0.3 is 15.0 Å². The second kappa shape index (κ2) is 14.8. The van der Waals surface area contributed by atoms with Crippen LogP contribution in [0, 0.1) is 29.9 Å². The standard InChI is InChI=1S/C32H40N4O7S/c1-7-29(32(38)33-19-22(2)3)34(20-25-11-9-8-10-23(25)4)31(37)21-35(26-13-15-27(43-6)16-14-26)44(41,42)28-17-12-24(5)30(18-28)36(39)40/h8-18,22,29H,7,19-21H2,1-6H3,(H,33,38)/t29-/m0/s1. The van der Waals surface area contributed by atoms with E-state index >= 15 is 0 Å². The molecule has 0 aliphatic rings. The van der Waals surface area contributed by atoms with Crippen LogP contribution in [0.5, 0.6) is 5.75 Å². The normalized spacial score (nSPS) is 12.0. The van der Waals surface area contributed by atoms with Gasteiger partial charge in [-0.05, 0) is 67.6 Å². The van der Waals surface area contributed by atoms with Crippen LogP contribution in [0.4, 0.5) is 11.4 Å². The summed E-state index contributed by atoms with van der Waals surface area (Å²) in [6.07, 6.45) is 0.293. The molecule has 0 aromatic heterocycles. The van der Waals surface area contributed by atoms with Gasteiger partial charge in [-0.1, -0.05) is 51.1 Å². The lowest BCUT2D eigenvalue weighted by Gasteiger charge is -2.33. The highest BCUT2D eigenvalue weighted by Crippen LogP contribution is 2.29. The van der Waals surface area contributed by atoms with E-state index in [-0.39, 0.29) is 34.6 Å². The summed E-state index contributed by atoms with van der Waals surface area (Å²) < 4.78 is 34.4. The Bertz CT molecular complexity index is 1590. The largest absolute Gasteiger partial charge is 0.497 e. The fourth-order valence-electron chi connectivity index (χ4n) is 4.66. The number of sulfonamides is 1. The summed E-state index contributed by atoms with van der Waals surface area (Å²) >= 11 is 0. The molecule has 1 N–H and O–H groups in total. The van der Waals surface area contributed by atoms with Gasteiger partial charge >= 0.3 is 0 Å². The van der Waals surface area contributed by atoms with Crippen LogP contribution in [-0.2, 0) is 26.2 Å². The van der Waals surface area contributed by atoms with Crippen LogP contribution in [0.15, 0.2) is 71.6 Å². The number of nitrogens with one attached hydrogen (secondary N) is 1. The molecule has 0 fully saturated rings. The Hall–Kier alpha value is -4.45. The molecule has 0 heterocycles. The highest BCUT2D eigenvalue weighted by Gasteiger charge is 2.34. The first-order chi connectivity index (χ1) is 20.8. The van der Waals surface area contributed by atoms with Crippen molar-refractivity contribution in [3.05, 3.63) is 93.5 Å². The van der Waals surface area contributed by atoms with Crippen molar-refractivity contribution >= 4 is 33.2 Å². The molecule has 0 radical (unpaired) electrons. The topological polar surface area (TPSA) is 139 Å². The Balaban J connectivity index is 2.12. The highest BCUT2D eigenvalue weighted by atomic mass is 32.2. The smallest absolute Gasteiger partial charge is 0.273 e. The first kappa shape index (κ1) is 34.0. The first-order valence-electron chi connectivity index (χ1n) is 14.3. The molecule has 11 nitrogen and oxygen atoms in total. The quantitative estimate of drug-likeness (QED) is 0.197. The molecule has 3 rings (SSSR count). The van der Waals surface area contributed by atoms with Gasteiger partial charge in [-0.3, -0.25) is 24.0 Å². The number of carbonyl (C=O) groups excluding carboxylic acids is 2. The Morgan fingerprint density at radius 1 is 1.00 bits per heavy atom. The molecular formula is C32H40N4O7S. The van der Waals surface area contributed by atoms with E-state index < -0.39 is 33.4 Å². The van der Waals surface area contributed by atoms with Gasteiger partial charge in [-0.2, -0.15) is 0 Å².